The fourth-order valence-electron chi connectivity index (χ4n) is 4.66. The van der Waals surface area contributed by atoms with Crippen LogP contribution in [-0.2, 0) is 6.54 Å². The third kappa shape index (κ3) is 5.11. The van der Waals surface area contributed by atoms with Crippen LogP contribution in [0.4, 0.5) is 5.69 Å². The number of pyridine rings is 1. The Bertz CT molecular complexity index is 1410. The Morgan fingerprint density at radius 3 is 2.53 bits per heavy atom. The molecule has 0 spiro atoms. The number of fused-ring (bicyclic) bond motifs is 1. The molecule has 4 aromatic rings. The van der Waals surface area contributed by atoms with E-state index < -0.39 is 0 Å². The normalized spacial score (nSPS) is 14.1. The Morgan fingerprint density at radius 2 is 1.78 bits per heavy atom. The third-order valence-corrected chi connectivity index (χ3v) is 6.84. The Balaban J connectivity index is 1.47. The van der Waals surface area contributed by atoms with Crippen molar-refractivity contribution in [2.45, 2.75) is 51.6 Å². The summed E-state index contributed by atoms with van der Waals surface area (Å²) < 4.78 is 1.66. The summed E-state index contributed by atoms with van der Waals surface area (Å²) in [5, 5.41) is 11.8. The largest absolute Gasteiger partial charge is 0.348 e. The number of carbonyl (C=O) groups excluding carboxylic acids is 2. The highest BCUT2D eigenvalue weighted by molar-refractivity contribution is 6.30. The van der Waals surface area contributed by atoms with Crippen LogP contribution in [0.5, 0.6) is 0 Å². The van der Waals surface area contributed by atoms with Crippen molar-refractivity contribution in [1.29, 1.82) is 0 Å². The summed E-state index contributed by atoms with van der Waals surface area (Å²) in [5.41, 5.74) is 3.31. The molecule has 8 heteroatoms. The second kappa shape index (κ2) is 10.5. The SMILES string of the molecule is CCn1cc(NC(=O)c2cc(-c3ccc(Cl)cc3)nc3ccccc23)c(C(=O)NC2CCCCC2)n1. The minimum Gasteiger partial charge on any atom is -0.348 e. The summed E-state index contributed by atoms with van der Waals surface area (Å²) in [5.74, 6) is -0.586. The molecule has 7 nitrogen and oxygen atoms in total. The fraction of sp³-hybridized carbons (Fsp3) is 0.286. The van der Waals surface area contributed by atoms with Crippen molar-refractivity contribution in [2.75, 3.05) is 5.32 Å². The number of carbonyl (C=O) groups is 2. The Morgan fingerprint density at radius 1 is 1.03 bits per heavy atom. The molecule has 0 atom stereocenters. The number of amides is 2. The van der Waals surface area contributed by atoms with E-state index in [4.69, 9.17) is 16.6 Å². The maximum absolute atomic E-state index is 13.6. The molecule has 0 radical (unpaired) electrons. The van der Waals surface area contributed by atoms with Crippen molar-refractivity contribution in [1.82, 2.24) is 20.1 Å². The minimum atomic E-state index is -0.328. The van der Waals surface area contributed by atoms with Crippen molar-refractivity contribution in [3.63, 3.8) is 0 Å². The Labute approximate surface area is 214 Å². The summed E-state index contributed by atoms with van der Waals surface area (Å²) in [7, 11) is 0. The fourth-order valence-corrected chi connectivity index (χ4v) is 4.79. The second-order valence-electron chi connectivity index (χ2n) is 9.09. The highest BCUT2D eigenvalue weighted by Gasteiger charge is 2.23. The lowest BCUT2D eigenvalue weighted by molar-refractivity contribution is 0.0922. The van der Waals surface area contributed by atoms with E-state index in [0.717, 1.165) is 36.6 Å². The van der Waals surface area contributed by atoms with E-state index in [2.05, 4.69) is 15.7 Å². The van der Waals surface area contributed by atoms with Crippen molar-refractivity contribution < 1.29 is 9.59 Å². The van der Waals surface area contributed by atoms with Gasteiger partial charge in [-0.25, -0.2) is 4.98 Å². The second-order valence-corrected chi connectivity index (χ2v) is 9.53. The third-order valence-electron chi connectivity index (χ3n) is 6.59. The molecule has 184 valence electrons. The average Bonchev–Trinajstić information content (AvgIpc) is 3.32. The van der Waals surface area contributed by atoms with E-state index in [9.17, 15) is 9.59 Å². The van der Waals surface area contributed by atoms with E-state index in [0.29, 0.717) is 34.0 Å². The van der Waals surface area contributed by atoms with Gasteiger partial charge < -0.3 is 10.6 Å². The molecule has 1 saturated carbocycles. The zero-order valence-corrected chi connectivity index (χ0v) is 20.9. The number of aryl methyl sites for hydroxylation is 1. The predicted octanol–water partition coefficient (Wildman–Crippen LogP) is 6.09. The lowest BCUT2D eigenvalue weighted by Gasteiger charge is -2.22. The van der Waals surface area contributed by atoms with Gasteiger partial charge >= 0.3 is 0 Å². The van der Waals surface area contributed by atoms with Gasteiger partial charge in [0, 0.05) is 34.8 Å². The number of aromatic nitrogens is 3. The van der Waals surface area contributed by atoms with Crippen LogP contribution < -0.4 is 10.6 Å². The topological polar surface area (TPSA) is 88.9 Å². The molecule has 2 aromatic heterocycles. The van der Waals surface area contributed by atoms with Gasteiger partial charge in [0.1, 0.15) is 0 Å². The Kier molecular flexibility index (Phi) is 7.00. The van der Waals surface area contributed by atoms with Crippen molar-refractivity contribution in [2.24, 2.45) is 0 Å². The molecule has 0 bridgehead atoms. The van der Waals surface area contributed by atoms with Crippen LogP contribution in [0.2, 0.25) is 5.02 Å². The highest BCUT2D eigenvalue weighted by Crippen LogP contribution is 2.27. The zero-order valence-electron chi connectivity index (χ0n) is 20.1. The van der Waals surface area contributed by atoms with Gasteiger partial charge in [-0.05, 0) is 44.0 Å². The summed E-state index contributed by atoms with van der Waals surface area (Å²) in [6, 6.07) is 16.8. The first-order valence-electron chi connectivity index (χ1n) is 12.4. The van der Waals surface area contributed by atoms with E-state index in [1.165, 1.54) is 6.42 Å². The number of rotatable bonds is 6. The smallest absolute Gasteiger partial charge is 0.274 e. The van der Waals surface area contributed by atoms with Crippen molar-refractivity contribution in [3.05, 3.63) is 77.1 Å². The number of hydrogen-bond donors (Lipinski definition) is 2. The van der Waals surface area contributed by atoms with Crippen LogP contribution in [0.15, 0.2) is 60.8 Å². The molecule has 5 rings (SSSR count). The van der Waals surface area contributed by atoms with Gasteiger partial charge in [0.15, 0.2) is 5.69 Å². The molecule has 0 aliphatic heterocycles. The maximum atomic E-state index is 13.6. The first-order valence-corrected chi connectivity index (χ1v) is 12.7. The van der Waals surface area contributed by atoms with Crippen molar-refractivity contribution in [3.8, 4) is 11.3 Å². The summed E-state index contributed by atoms with van der Waals surface area (Å²) in [6.45, 7) is 2.52. The number of anilines is 1. The van der Waals surface area contributed by atoms with Crippen LogP contribution in [0.1, 0.15) is 59.9 Å². The predicted molar refractivity (Wildman–Crippen MR) is 142 cm³/mol. The Hall–Kier alpha value is -3.71. The summed E-state index contributed by atoms with van der Waals surface area (Å²) >= 11 is 6.06. The van der Waals surface area contributed by atoms with Gasteiger partial charge in [0.25, 0.3) is 11.8 Å². The molecule has 36 heavy (non-hydrogen) atoms. The molecular formula is C28H28ClN5O2. The molecule has 1 fully saturated rings. The van der Waals surface area contributed by atoms with Crippen LogP contribution in [0.25, 0.3) is 22.2 Å². The van der Waals surface area contributed by atoms with E-state index in [1.807, 2.05) is 43.3 Å². The number of nitrogens with one attached hydrogen (secondary N) is 2. The van der Waals surface area contributed by atoms with Crippen LogP contribution in [0.3, 0.4) is 0 Å². The lowest BCUT2D eigenvalue weighted by Crippen LogP contribution is -2.36. The molecule has 2 heterocycles. The highest BCUT2D eigenvalue weighted by atomic mass is 35.5. The van der Waals surface area contributed by atoms with E-state index >= 15 is 0 Å². The lowest BCUT2D eigenvalue weighted by atomic mass is 9.95. The van der Waals surface area contributed by atoms with Crippen LogP contribution in [0, 0.1) is 0 Å². The van der Waals surface area contributed by atoms with Gasteiger partial charge in [-0.15, -0.1) is 0 Å². The summed E-state index contributed by atoms with van der Waals surface area (Å²) in [6.07, 6.45) is 7.08. The molecular weight excluding hydrogens is 474 g/mol. The molecule has 0 unspecified atom stereocenters. The monoisotopic (exact) mass is 501 g/mol. The standard InChI is InChI=1S/C28H28ClN5O2/c1-2-34-17-25(26(33-34)28(36)30-20-8-4-3-5-9-20)32-27(35)22-16-24(18-12-14-19(29)15-13-18)31-23-11-7-6-10-21(22)23/h6-7,10-17,20H,2-5,8-9H2,1H3,(H,30,36)(H,32,35). The molecule has 2 N–H and O–H groups in total. The van der Waals surface area contributed by atoms with Crippen molar-refractivity contribution >= 4 is 40.0 Å². The van der Waals surface area contributed by atoms with Crippen LogP contribution in [-0.4, -0.2) is 32.6 Å². The van der Waals surface area contributed by atoms with Gasteiger partial charge in [-0.3, -0.25) is 14.3 Å². The van der Waals surface area contributed by atoms with Crippen LogP contribution >= 0.6 is 11.6 Å². The molecule has 1 aliphatic carbocycles. The number of hydrogen-bond acceptors (Lipinski definition) is 4. The average molecular weight is 502 g/mol. The molecule has 2 amide bonds. The van der Waals surface area contributed by atoms with E-state index in [1.54, 1.807) is 29.1 Å². The van der Waals surface area contributed by atoms with E-state index in [-0.39, 0.29) is 23.6 Å². The zero-order chi connectivity index (χ0) is 25.1. The number of nitrogens with zero attached hydrogens (tertiary/aromatic N) is 3. The molecule has 2 aromatic carbocycles. The first kappa shape index (κ1) is 24.0. The van der Waals surface area contributed by atoms with Gasteiger partial charge in [0.2, 0.25) is 0 Å². The first-order chi connectivity index (χ1) is 17.5. The van der Waals surface area contributed by atoms with Gasteiger partial charge in [-0.2, -0.15) is 5.10 Å². The minimum absolute atomic E-state index is 0.146. The number of para-hydroxylation sites is 1. The summed E-state index contributed by atoms with van der Waals surface area (Å²) in [4.78, 5) is 31.5. The van der Waals surface area contributed by atoms with Gasteiger partial charge in [-0.1, -0.05) is 61.2 Å². The maximum Gasteiger partial charge on any atom is 0.274 e. The molecule has 1 aliphatic rings. The van der Waals surface area contributed by atoms with Gasteiger partial charge in [0.05, 0.1) is 22.5 Å². The number of halogens is 1. The molecule has 0 saturated heterocycles. The quantitative estimate of drug-likeness (QED) is 0.335. The number of benzene rings is 2.